The Labute approximate surface area is 178 Å². The number of benzene rings is 1. The van der Waals surface area contributed by atoms with Gasteiger partial charge < -0.3 is 20.1 Å². The van der Waals surface area contributed by atoms with E-state index < -0.39 is 4.92 Å². The Morgan fingerprint density at radius 2 is 2.00 bits per heavy atom. The summed E-state index contributed by atoms with van der Waals surface area (Å²) in [6.45, 7) is 8.42. The van der Waals surface area contributed by atoms with Crippen LogP contribution in [0.15, 0.2) is 29.3 Å². The molecular formula is C21H33N5O4. The van der Waals surface area contributed by atoms with Gasteiger partial charge in [0.1, 0.15) is 0 Å². The van der Waals surface area contributed by atoms with Crippen LogP contribution in [0.4, 0.5) is 5.69 Å². The van der Waals surface area contributed by atoms with E-state index in [9.17, 15) is 10.1 Å². The molecule has 0 amide bonds. The summed E-state index contributed by atoms with van der Waals surface area (Å²) >= 11 is 0. The number of hydrogen-bond donors (Lipinski definition) is 2. The number of nitrogens with zero attached hydrogens (tertiary/aromatic N) is 3. The molecule has 2 aliphatic heterocycles. The molecule has 1 aromatic carbocycles. The van der Waals surface area contributed by atoms with E-state index in [4.69, 9.17) is 14.5 Å². The van der Waals surface area contributed by atoms with Crippen molar-refractivity contribution in [3.8, 4) is 0 Å². The first-order valence-electron chi connectivity index (χ1n) is 10.8. The van der Waals surface area contributed by atoms with Crippen molar-refractivity contribution in [2.24, 2.45) is 4.99 Å². The number of non-ortho nitro benzene ring substituents is 1. The van der Waals surface area contributed by atoms with Gasteiger partial charge in [0.15, 0.2) is 5.96 Å². The summed E-state index contributed by atoms with van der Waals surface area (Å²) in [4.78, 5) is 17.5. The molecule has 0 radical (unpaired) electrons. The Morgan fingerprint density at radius 3 is 2.67 bits per heavy atom. The summed E-state index contributed by atoms with van der Waals surface area (Å²) in [5.74, 6) is 0.739. The highest BCUT2D eigenvalue weighted by molar-refractivity contribution is 5.79. The largest absolute Gasteiger partial charge is 0.379 e. The van der Waals surface area contributed by atoms with Crippen molar-refractivity contribution in [2.75, 3.05) is 46.0 Å². The monoisotopic (exact) mass is 419 g/mol. The first-order valence-corrected chi connectivity index (χ1v) is 10.8. The molecule has 3 rings (SSSR count). The van der Waals surface area contributed by atoms with E-state index >= 15 is 0 Å². The van der Waals surface area contributed by atoms with Crippen LogP contribution in [-0.4, -0.2) is 73.9 Å². The number of ether oxygens (including phenoxy) is 2. The lowest BCUT2D eigenvalue weighted by molar-refractivity contribution is -0.384. The topological polar surface area (TPSA) is 101 Å². The Hall–Kier alpha value is -2.23. The maximum absolute atomic E-state index is 10.8. The van der Waals surface area contributed by atoms with Gasteiger partial charge in [-0.25, -0.2) is 4.99 Å². The molecule has 2 heterocycles. The highest BCUT2D eigenvalue weighted by atomic mass is 16.6. The third-order valence-corrected chi connectivity index (χ3v) is 5.57. The Kier molecular flexibility index (Phi) is 8.85. The average molecular weight is 420 g/mol. The van der Waals surface area contributed by atoms with Gasteiger partial charge in [0.25, 0.3) is 5.69 Å². The van der Waals surface area contributed by atoms with Crippen molar-refractivity contribution in [3.05, 3.63) is 39.9 Å². The van der Waals surface area contributed by atoms with Crippen LogP contribution in [0.2, 0.25) is 0 Å². The van der Waals surface area contributed by atoms with Gasteiger partial charge in [0, 0.05) is 51.0 Å². The normalized spacial score (nSPS) is 21.8. The summed E-state index contributed by atoms with van der Waals surface area (Å²) in [5.41, 5.74) is 1.02. The lowest BCUT2D eigenvalue weighted by atomic mass is 10.1. The minimum absolute atomic E-state index is 0.0907. The van der Waals surface area contributed by atoms with E-state index in [1.165, 1.54) is 18.6 Å². The average Bonchev–Trinajstić information content (AvgIpc) is 2.80. The van der Waals surface area contributed by atoms with Crippen LogP contribution in [-0.2, 0) is 16.0 Å². The predicted molar refractivity (Wildman–Crippen MR) is 116 cm³/mol. The maximum Gasteiger partial charge on any atom is 0.269 e. The van der Waals surface area contributed by atoms with E-state index in [1.54, 1.807) is 12.1 Å². The molecule has 2 aliphatic rings. The number of morpholine rings is 1. The fraction of sp³-hybridized carbons (Fsp3) is 0.667. The van der Waals surface area contributed by atoms with E-state index in [-0.39, 0.29) is 11.8 Å². The SMILES string of the molecule is CC(CNC(=NCc1ccc([N+](=O)[O-])cc1)NCC1CCCCO1)N1CCOCC1. The lowest BCUT2D eigenvalue weighted by Crippen LogP contribution is -2.50. The zero-order valence-corrected chi connectivity index (χ0v) is 17.7. The number of nitro benzene ring substituents is 1. The molecule has 2 N–H and O–H groups in total. The third-order valence-electron chi connectivity index (χ3n) is 5.57. The molecule has 2 atom stereocenters. The number of guanidine groups is 1. The fourth-order valence-corrected chi connectivity index (χ4v) is 3.64. The standard InChI is InChI=1S/C21H33N5O4/c1-17(25-9-12-29-13-10-25)14-22-21(24-16-20-4-2-3-11-30-20)23-15-18-5-7-19(8-6-18)26(27)28/h5-8,17,20H,2-4,9-16H2,1H3,(H2,22,23,24). The number of hydrogen-bond acceptors (Lipinski definition) is 6. The van der Waals surface area contributed by atoms with Crippen LogP contribution < -0.4 is 10.6 Å². The number of nitro groups is 1. The van der Waals surface area contributed by atoms with E-state index in [0.717, 1.165) is 70.4 Å². The second-order valence-corrected chi connectivity index (χ2v) is 7.84. The Balaban J connectivity index is 1.56. The van der Waals surface area contributed by atoms with Crippen molar-refractivity contribution in [2.45, 2.75) is 44.9 Å². The minimum atomic E-state index is -0.390. The predicted octanol–water partition coefficient (Wildman–Crippen LogP) is 1.92. The Bertz CT molecular complexity index is 685. The van der Waals surface area contributed by atoms with Gasteiger partial charge >= 0.3 is 0 Å². The van der Waals surface area contributed by atoms with Gasteiger partial charge in [0.05, 0.1) is 30.8 Å². The van der Waals surface area contributed by atoms with E-state index in [2.05, 4.69) is 22.5 Å². The summed E-state index contributed by atoms with van der Waals surface area (Å²) < 4.78 is 11.3. The molecular weight excluding hydrogens is 386 g/mol. The maximum atomic E-state index is 10.8. The van der Waals surface area contributed by atoms with Crippen LogP contribution in [0.5, 0.6) is 0 Å². The van der Waals surface area contributed by atoms with Crippen LogP contribution in [0.25, 0.3) is 0 Å². The van der Waals surface area contributed by atoms with Gasteiger partial charge in [-0.05, 0) is 31.7 Å². The molecule has 9 nitrogen and oxygen atoms in total. The van der Waals surface area contributed by atoms with Crippen molar-refractivity contribution in [1.29, 1.82) is 0 Å². The van der Waals surface area contributed by atoms with Gasteiger partial charge in [-0.3, -0.25) is 15.0 Å². The van der Waals surface area contributed by atoms with Crippen LogP contribution in [0.3, 0.4) is 0 Å². The molecule has 0 bridgehead atoms. The quantitative estimate of drug-likeness (QED) is 0.287. The van der Waals surface area contributed by atoms with E-state index in [0.29, 0.717) is 12.6 Å². The molecule has 0 saturated carbocycles. The molecule has 166 valence electrons. The molecule has 2 unspecified atom stereocenters. The second-order valence-electron chi connectivity index (χ2n) is 7.84. The molecule has 0 aliphatic carbocycles. The summed E-state index contributed by atoms with van der Waals surface area (Å²) in [6, 6.07) is 6.90. The zero-order valence-electron chi connectivity index (χ0n) is 17.7. The van der Waals surface area contributed by atoms with Crippen molar-refractivity contribution in [1.82, 2.24) is 15.5 Å². The highest BCUT2D eigenvalue weighted by Crippen LogP contribution is 2.13. The summed E-state index contributed by atoms with van der Waals surface area (Å²) in [7, 11) is 0. The second kappa shape index (κ2) is 11.8. The molecule has 0 spiro atoms. The molecule has 0 aromatic heterocycles. The number of aliphatic imine (C=N–C) groups is 1. The fourth-order valence-electron chi connectivity index (χ4n) is 3.64. The van der Waals surface area contributed by atoms with Gasteiger partial charge in [0.2, 0.25) is 0 Å². The minimum Gasteiger partial charge on any atom is -0.379 e. The smallest absolute Gasteiger partial charge is 0.269 e. The van der Waals surface area contributed by atoms with Crippen molar-refractivity contribution < 1.29 is 14.4 Å². The molecule has 2 saturated heterocycles. The van der Waals surface area contributed by atoms with Crippen molar-refractivity contribution in [3.63, 3.8) is 0 Å². The summed E-state index contributed by atoms with van der Waals surface area (Å²) in [6.07, 6.45) is 3.60. The van der Waals surface area contributed by atoms with Crippen molar-refractivity contribution >= 4 is 11.6 Å². The van der Waals surface area contributed by atoms with Crippen LogP contribution in [0, 0.1) is 10.1 Å². The van der Waals surface area contributed by atoms with Crippen LogP contribution in [0.1, 0.15) is 31.7 Å². The Morgan fingerprint density at radius 1 is 1.23 bits per heavy atom. The molecule has 1 aromatic rings. The highest BCUT2D eigenvalue weighted by Gasteiger charge is 2.18. The van der Waals surface area contributed by atoms with Crippen LogP contribution >= 0.6 is 0 Å². The molecule has 2 fully saturated rings. The first kappa shape index (κ1) is 22.5. The van der Waals surface area contributed by atoms with Gasteiger partial charge in [-0.2, -0.15) is 0 Å². The zero-order chi connectivity index (χ0) is 21.2. The third kappa shape index (κ3) is 7.23. The van der Waals surface area contributed by atoms with Gasteiger partial charge in [-0.1, -0.05) is 12.1 Å². The van der Waals surface area contributed by atoms with Gasteiger partial charge in [-0.15, -0.1) is 0 Å². The summed E-state index contributed by atoms with van der Waals surface area (Å²) in [5, 5.41) is 17.7. The van der Waals surface area contributed by atoms with E-state index in [1.807, 2.05) is 0 Å². The molecule has 9 heteroatoms. The number of nitrogens with one attached hydrogen (secondary N) is 2. The lowest BCUT2D eigenvalue weighted by Gasteiger charge is -2.32. The molecule has 30 heavy (non-hydrogen) atoms. The first-order chi connectivity index (χ1) is 14.6. The number of rotatable bonds is 8.